The number of hydrogen-bond donors (Lipinski definition) is 1. The highest BCUT2D eigenvalue weighted by Crippen LogP contribution is 2.19. The molecule has 0 fully saturated rings. The third-order valence-electron chi connectivity index (χ3n) is 1.63. The Labute approximate surface area is 89.0 Å². The molecule has 0 unspecified atom stereocenters. The molecule has 0 spiro atoms. The first-order valence-corrected chi connectivity index (χ1v) is 4.40. The van der Waals surface area contributed by atoms with Gasteiger partial charge < -0.3 is 10.5 Å². The molecule has 8 heteroatoms. The van der Waals surface area contributed by atoms with Crippen molar-refractivity contribution in [2.24, 2.45) is 0 Å². The van der Waals surface area contributed by atoms with Gasteiger partial charge in [-0.05, 0) is 6.92 Å². The van der Waals surface area contributed by atoms with Crippen LogP contribution in [0.5, 0.6) is 0 Å². The molecule has 0 amide bonds. The summed E-state index contributed by atoms with van der Waals surface area (Å²) in [5, 5.41) is 3.37. The number of nitrogen functional groups attached to an aromatic ring is 1. The number of aromatic nitrogens is 2. The Morgan fingerprint density at radius 3 is 2.75 bits per heavy atom. The fourth-order valence-corrected chi connectivity index (χ4v) is 1.07. The van der Waals surface area contributed by atoms with Gasteiger partial charge in [0.15, 0.2) is 5.82 Å². The van der Waals surface area contributed by atoms with E-state index in [0.29, 0.717) is 4.68 Å². The van der Waals surface area contributed by atoms with E-state index in [1.807, 2.05) is 0 Å². The van der Waals surface area contributed by atoms with Crippen LogP contribution in [0.15, 0.2) is 6.20 Å². The SMILES string of the molecule is CCOC(=O)c1cn(CC(F)(F)F)nc1N. The fraction of sp³-hybridized carbons (Fsp3) is 0.500. The summed E-state index contributed by atoms with van der Waals surface area (Å²) in [7, 11) is 0. The Morgan fingerprint density at radius 1 is 1.62 bits per heavy atom. The molecule has 1 rings (SSSR count). The summed E-state index contributed by atoms with van der Waals surface area (Å²) < 4.78 is 41.2. The Hall–Kier alpha value is -1.73. The maximum absolute atomic E-state index is 12.0. The first kappa shape index (κ1) is 12.3. The Morgan fingerprint density at radius 2 is 2.25 bits per heavy atom. The van der Waals surface area contributed by atoms with Crippen molar-refractivity contribution in [1.82, 2.24) is 9.78 Å². The van der Waals surface area contributed by atoms with Crippen molar-refractivity contribution < 1.29 is 22.7 Å². The van der Waals surface area contributed by atoms with Crippen molar-refractivity contribution >= 4 is 11.8 Å². The summed E-state index contributed by atoms with van der Waals surface area (Å²) >= 11 is 0. The van der Waals surface area contributed by atoms with Crippen LogP contribution in [0.3, 0.4) is 0 Å². The first-order valence-electron chi connectivity index (χ1n) is 4.40. The zero-order valence-electron chi connectivity index (χ0n) is 8.41. The number of hydrogen-bond acceptors (Lipinski definition) is 4. The number of nitrogens with zero attached hydrogens (tertiary/aromatic N) is 2. The molecule has 0 aliphatic rings. The molecule has 0 saturated heterocycles. The molecule has 90 valence electrons. The number of alkyl halides is 3. The zero-order chi connectivity index (χ0) is 12.3. The van der Waals surface area contributed by atoms with Gasteiger partial charge in [0.05, 0.1) is 6.61 Å². The number of carbonyl (C=O) groups excluding carboxylic acids is 1. The van der Waals surface area contributed by atoms with Gasteiger partial charge in [-0.3, -0.25) is 4.68 Å². The third-order valence-corrected chi connectivity index (χ3v) is 1.63. The number of carbonyl (C=O) groups is 1. The van der Waals surface area contributed by atoms with E-state index < -0.39 is 18.7 Å². The molecule has 0 radical (unpaired) electrons. The third kappa shape index (κ3) is 3.14. The molecule has 0 aliphatic heterocycles. The van der Waals surface area contributed by atoms with E-state index in [1.165, 1.54) is 0 Å². The molecular formula is C8H10F3N3O2. The first-order chi connectivity index (χ1) is 7.33. The van der Waals surface area contributed by atoms with Gasteiger partial charge in [-0.1, -0.05) is 0 Å². The van der Waals surface area contributed by atoms with Crippen LogP contribution in [0.4, 0.5) is 19.0 Å². The number of halogens is 3. The highest BCUT2D eigenvalue weighted by molar-refractivity contribution is 5.93. The largest absolute Gasteiger partial charge is 0.462 e. The Bertz CT molecular complexity index is 386. The van der Waals surface area contributed by atoms with E-state index in [1.54, 1.807) is 6.92 Å². The van der Waals surface area contributed by atoms with Crippen molar-refractivity contribution in [3.8, 4) is 0 Å². The van der Waals surface area contributed by atoms with E-state index in [0.717, 1.165) is 6.20 Å². The normalized spacial score (nSPS) is 11.5. The predicted octanol–water partition coefficient (Wildman–Crippen LogP) is 1.20. The summed E-state index contributed by atoms with van der Waals surface area (Å²) in [5.41, 5.74) is 5.13. The number of esters is 1. The molecule has 0 atom stereocenters. The average molecular weight is 237 g/mol. The maximum Gasteiger partial charge on any atom is 0.408 e. The summed E-state index contributed by atoms with van der Waals surface area (Å²) in [6.07, 6.45) is -3.49. The van der Waals surface area contributed by atoms with Gasteiger partial charge in [0, 0.05) is 6.20 Å². The molecule has 0 saturated carbocycles. The molecule has 1 aromatic heterocycles. The summed E-state index contributed by atoms with van der Waals surface area (Å²) in [6, 6.07) is 0. The monoisotopic (exact) mass is 237 g/mol. The van der Waals surface area contributed by atoms with Crippen molar-refractivity contribution in [2.45, 2.75) is 19.6 Å². The van der Waals surface area contributed by atoms with Crippen LogP contribution in [-0.4, -0.2) is 28.5 Å². The smallest absolute Gasteiger partial charge is 0.408 e. The van der Waals surface area contributed by atoms with Crippen LogP contribution >= 0.6 is 0 Å². The van der Waals surface area contributed by atoms with Gasteiger partial charge in [0.2, 0.25) is 0 Å². The molecule has 16 heavy (non-hydrogen) atoms. The van der Waals surface area contributed by atoms with Crippen LogP contribution in [0, 0.1) is 0 Å². The lowest BCUT2D eigenvalue weighted by atomic mass is 10.3. The lowest BCUT2D eigenvalue weighted by Crippen LogP contribution is -2.18. The molecule has 1 heterocycles. The van der Waals surface area contributed by atoms with E-state index in [2.05, 4.69) is 9.84 Å². The van der Waals surface area contributed by atoms with Crippen molar-refractivity contribution in [2.75, 3.05) is 12.3 Å². The van der Waals surface area contributed by atoms with Crippen LogP contribution in [0.2, 0.25) is 0 Å². The van der Waals surface area contributed by atoms with Gasteiger partial charge in [0.25, 0.3) is 0 Å². The van der Waals surface area contributed by atoms with Crippen LogP contribution in [-0.2, 0) is 11.3 Å². The Kier molecular flexibility index (Phi) is 3.41. The molecular weight excluding hydrogens is 227 g/mol. The van der Waals surface area contributed by atoms with Crippen LogP contribution in [0.25, 0.3) is 0 Å². The average Bonchev–Trinajstić information content (AvgIpc) is 2.44. The maximum atomic E-state index is 12.0. The molecule has 5 nitrogen and oxygen atoms in total. The van der Waals surface area contributed by atoms with Gasteiger partial charge in [-0.2, -0.15) is 18.3 Å². The van der Waals surface area contributed by atoms with Gasteiger partial charge in [-0.25, -0.2) is 4.79 Å². The quantitative estimate of drug-likeness (QED) is 0.802. The highest BCUT2D eigenvalue weighted by Gasteiger charge is 2.29. The van der Waals surface area contributed by atoms with E-state index in [9.17, 15) is 18.0 Å². The lowest BCUT2D eigenvalue weighted by molar-refractivity contribution is -0.142. The second kappa shape index (κ2) is 4.42. The van der Waals surface area contributed by atoms with Gasteiger partial charge in [0.1, 0.15) is 12.1 Å². The van der Waals surface area contributed by atoms with Crippen molar-refractivity contribution in [1.29, 1.82) is 0 Å². The van der Waals surface area contributed by atoms with Crippen molar-refractivity contribution in [3.05, 3.63) is 11.8 Å². The minimum atomic E-state index is -4.41. The number of ether oxygens (including phenoxy) is 1. The minimum Gasteiger partial charge on any atom is -0.462 e. The van der Waals surface area contributed by atoms with E-state index in [-0.39, 0.29) is 18.0 Å². The molecule has 1 aromatic rings. The Balaban J connectivity index is 2.86. The molecule has 0 aliphatic carbocycles. The fourth-order valence-electron chi connectivity index (χ4n) is 1.07. The summed E-state index contributed by atoms with van der Waals surface area (Å²) in [6.45, 7) is 0.396. The molecule has 0 bridgehead atoms. The van der Waals surface area contributed by atoms with Crippen molar-refractivity contribution in [3.63, 3.8) is 0 Å². The second-order valence-electron chi connectivity index (χ2n) is 2.96. The van der Waals surface area contributed by atoms with E-state index >= 15 is 0 Å². The highest BCUT2D eigenvalue weighted by atomic mass is 19.4. The molecule has 2 N–H and O–H groups in total. The number of nitrogens with two attached hydrogens (primary N) is 1. The minimum absolute atomic E-state index is 0.114. The van der Waals surface area contributed by atoms with Gasteiger partial charge in [-0.15, -0.1) is 0 Å². The number of anilines is 1. The second-order valence-corrected chi connectivity index (χ2v) is 2.96. The van der Waals surface area contributed by atoms with Crippen LogP contribution in [0.1, 0.15) is 17.3 Å². The van der Waals surface area contributed by atoms with Crippen LogP contribution < -0.4 is 5.73 Å². The molecule has 0 aromatic carbocycles. The van der Waals surface area contributed by atoms with E-state index in [4.69, 9.17) is 5.73 Å². The predicted molar refractivity (Wildman–Crippen MR) is 48.7 cm³/mol. The summed E-state index contributed by atoms with van der Waals surface area (Å²) in [4.78, 5) is 11.2. The summed E-state index contributed by atoms with van der Waals surface area (Å²) in [5.74, 6) is -1.06. The lowest BCUT2D eigenvalue weighted by Gasteiger charge is -2.04. The number of rotatable bonds is 3. The zero-order valence-corrected chi connectivity index (χ0v) is 8.41. The topological polar surface area (TPSA) is 70.1 Å². The van der Waals surface area contributed by atoms with Gasteiger partial charge >= 0.3 is 12.1 Å². The standard InChI is InChI=1S/C8H10F3N3O2/c1-2-16-7(15)5-3-14(13-6(5)12)4-8(9,10)11/h3H,2,4H2,1H3,(H2,12,13).